The molecule has 0 saturated carbocycles. The number of hydrogen-bond donors (Lipinski definition) is 1. The number of aromatic nitrogens is 1. The molecule has 1 unspecified atom stereocenters. The summed E-state index contributed by atoms with van der Waals surface area (Å²) in [5.41, 5.74) is 2.88. The van der Waals surface area contributed by atoms with Crippen molar-refractivity contribution in [1.82, 2.24) is 4.57 Å². The zero-order valence-electron chi connectivity index (χ0n) is 16.0. The van der Waals surface area contributed by atoms with Crippen LogP contribution in [0.2, 0.25) is 0 Å². The van der Waals surface area contributed by atoms with Crippen LogP contribution < -0.4 is 5.56 Å². The summed E-state index contributed by atoms with van der Waals surface area (Å²) in [6.07, 6.45) is 1.52. The zero-order chi connectivity index (χ0) is 20.3. The van der Waals surface area contributed by atoms with Crippen LogP contribution in [0.3, 0.4) is 0 Å². The smallest absolute Gasteiger partial charge is 0.272 e. The van der Waals surface area contributed by atoms with E-state index in [1.54, 1.807) is 6.92 Å². The number of aromatic hydroxyl groups is 1. The summed E-state index contributed by atoms with van der Waals surface area (Å²) in [5.74, 6) is -0.199. The van der Waals surface area contributed by atoms with Gasteiger partial charge in [-0.2, -0.15) is 5.26 Å². The van der Waals surface area contributed by atoms with E-state index >= 15 is 0 Å². The maximum atomic E-state index is 12.9. The lowest BCUT2D eigenvalue weighted by Gasteiger charge is -2.20. The summed E-state index contributed by atoms with van der Waals surface area (Å²) in [5, 5.41) is 20.4. The van der Waals surface area contributed by atoms with E-state index in [1.165, 1.54) is 10.8 Å². The first kappa shape index (κ1) is 19.1. The molecule has 1 atom stereocenters. The largest absolute Gasteiger partial charge is 0.494 e. The van der Waals surface area contributed by atoms with Gasteiger partial charge >= 0.3 is 0 Å². The van der Waals surface area contributed by atoms with Crippen molar-refractivity contribution < 1.29 is 5.11 Å². The van der Waals surface area contributed by atoms with Gasteiger partial charge in [-0.15, -0.1) is 0 Å². The van der Waals surface area contributed by atoms with Crippen molar-refractivity contribution in [3.63, 3.8) is 0 Å². The Bertz CT molecular complexity index is 1140. The van der Waals surface area contributed by atoms with E-state index < -0.39 is 11.6 Å². The first-order chi connectivity index (χ1) is 13.5. The van der Waals surface area contributed by atoms with Crippen LogP contribution in [0, 0.1) is 25.2 Å². The lowest BCUT2D eigenvalue weighted by Crippen LogP contribution is -2.28. The molecule has 0 aliphatic rings. The van der Waals surface area contributed by atoms with Crippen molar-refractivity contribution in [3.8, 4) is 11.9 Å². The number of benzene rings is 2. The van der Waals surface area contributed by atoms with E-state index in [1.807, 2.05) is 74.5 Å². The van der Waals surface area contributed by atoms with E-state index in [2.05, 4.69) is 4.99 Å². The number of rotatable bonds is 4. The molecule has 1 heterocycles. The van der Waals surface area contributed by atoms with Gasteiger partial charge in [0.05, 0.1) is 17.3 Å². The lowest BCUT2D eigenvalue weighted by molar-refractivity contribution is 0.393. The van der Waals surface area contributed by atoms with Gasteiger partial charge in [0.1, 0.15) is 11.6 Å². The molecular formula is C23H21N3O2. The molecular weight excluding hydrogens is 350 g/mol. The SMILES string of the molecule is Cc1ccccc1N=Cc1c(C)c(C#N)c(=O)n(C(C)c2ccccc2)c1O. The first-order valence-electron chi connectivity index (χ1n) is 8.98. The second kappa shape index (κ2) is 7.93. The van der Waals surface area contributed by atoms with Gasteiger partial charge in [0.2, 0.25) is 5.88 Å². The fourth-order valence-electron chi connectivity index (χ4n) is 3.18. The highest BCUT2D eigenvalue weighted by Crippen LogP contribution is 2.27. The highest BCUT2D eigenvalue weighted by Gasteiger charge is 2.22. The minimum absolute atomic E-state index is 0.00631. The maximum Gasteiger partial charge on any atom is 0.272 e. The van der Waals surface area contributed by atoms with Crippen LogP contribution in [0.5, 0.6) is 5.88 Å². The topological polar surface area (TPSA) is 78.4 Å². The van der Waals surface area contributed by atoms with Gasteiger partial charge in [-0.3, -0.25) is 14.4 Å². The fourth-order valence-corrected chi connectivity index (χ4v) is 3.18. The minimum Gasteiger partial charge on any atom is -0.494 e. The van der Waals surface area contributed by atoms with Crippen molar-refractivity contribution >= 4 is 11.9 Å². The molecule has 2 aromatic carbocycles. The molecule has 0 radical (unpaired) electrons. The molecule has 5 nitrogen and oxygen atoms in total. The highest BCUT2D eigenvalue weighted by atomic mass is 16.3. The van der Waals surface area contributed by atoms with E-state index in [0.717, 1.165) is 16.8 Å². The van der Waals surface area contributed by atoms with Gasteiger partial charge in [0, 0.05) is 6.21 Å². The Morgan fingerprint density at radius 3 is 2.39 bits per heavy atom. The van der Waals surface area contributed by atoms with Crippen LogP contribution in [0.1, 0.15) is 40.8 Å². The number of aliphatic imine (C=N–C) groups is 1. The van der Waals surface area contributed by atoms with Gasteiger partial charge < -0.3 is 5.11 Å². The van der Waals surface area contributed by atoms with E-state index in [9.17, 15) is 15.2 Å². The Balaban J connectivity index is 2.20. The highest BCUT2D eigenvalue weighted by molar-refractivity contribution is 5.87. The molecule has 0 aliphatic heterocycles. The Morgan fingerprint density at radius 2 is 1.75 bits per heavy atom. The van der Waals surface area contributed by atoms with E-state index in [-0.39, 0.29) is 11.4 Å². The standard InChI is InChI=1S/C23H21N3O2/c1-15-9-7-8-12-21(15)25-14-20-16(2)19(13-24)22(27)26(23(20)28)17(3)18-10-5-4-6-11-18/h4-12,14,17,28H,1-3H3. The molecule has 0 saturated heterocycles. The Morgan fingerprint density at radius 1 is 1.11 bits per heavy atom. The minimum atomic E-state index is -0.512. The average molecular weight is 371 g/mol. The average Bonchev–Trinajstić information content (AvgIpc) is 2.70. The third-order valence-electron chi connectivity index (χ3n) is 4.91. The Kier molecular flexibility index (Phi) is 5.42. The quantitative estimate of drug-likeness (QED) is 0.690. The predicted octanol–water partition coefficient (Wildman–Crippen LogP) is 4.40. The third-order valence-corrected chi connectivity index (χ3v) is 4.91. The molecule has 140 valence electrons. The van der Waals surface area contributed by atoms with Crippen LogP contribution in [-0.2, 0) is 0 Å². The van der Waals surface area contributed by atoms with Gasteiger partial charge in [0.25, 0.3) is 5.56 Å². The molecule has 3 rings (SSSR count). The monoisotopic (exact) mass is 371 g/mol. The zero-order valence-corrected chi connectivity index (χ0v) is 16.0. The molecule has 0 fully saturated rings. The first-order valence-corrected chi connectivity index (χ1v) is 8.98. The molecule has 1 N–H and O–H groups in total. The van der Waals surface area contributed by atoms with Crippen molar-refractivity contribution in [2.24, 2.45) is 4.99 Å². The second-order valence-electron chi connectivity index (χ2n) is 6.66. The van der Waals surface area contributed by atoms with Crippen LogP contribution in [0.4, 0.5) is 5.69 Å². The van der Waals surface area contributed by atoms with Crippen LogP contribution in [0.15, 0.2) is 64.4 Å². The molecule has 1 aromatic heterocycles. The maximum absolute atomic E-state index is 12.9. The number of nitrogens with zero attached hydrogens (tertiary/aromatic N) is 3. The summed E-state index contributed by atoms with van der Waals surface area (Å²) < 4.78 is 1.25. The summed E-state index contributed by atoms with van der Waals surface area (Å²) in [4.78, 5) is 17.3. The lowest BCUT2D eigenvalue weighted by atomic mass is 10.0. The van der Waals surface area contributed by atoms with Crippen molar-refractivity contribution in [2.45, 2.75) is 26.8 Å². The van der Waals surface area contributed by atoms with E-state index in [0.29, 0.717) is 11.1 Å². The van der Waals surface area contributed by atoms with Crippen LogP contribution in [0.25, 0.3) is 0 Å². The van der Waals surface area contributed by atoms with Crippen LogP contribution >= 0.6 is 0 Å². The van der Waals surface area contributed by atoms with Crippen molar-refractivity contribution in [1.29, 1.82) is 5.26 Å². The summed E-state index contributed by atoms with van der Waals surface area (Å²) in [7, 11) is 0. The summed E-state index contributed by atoms with van der Waals surface area (Å²) in [6.45, 7) is 5.41. The van der Waals surface area contributed by atoms with Gasteiger partial charge in [0.15, 0.2) is 0 Å². The van der Waals surface area contributed by atoms with Crippen molar-refractivity contribution in [2.75, 3.05) is 0 Å². The number of para-hydroxylation sites is 1. The van der Waals surface area contributed by atoms with Gasteiger partial charge in [-0.05, 0) is 43.5 Å². The Labute approximate surface area is 163 Å². The molecule has 0 spiro atoms. The molecule has 0 bridgehead atoms. The number of aryl methyl sites for hydroxylation is 1. The fraction of sp³-hybridized carbons (Fsp3) is 0.174. The van der Waals surface area contributed by atoms with Gasteiger partial charge in [-0.25, -0.2) is 0 Å². The summed E-state index contributed by atoms with van der Waals surface area (Å²) in [6, 6.07) is 18.5. The number of nitriles is 1. The number of hydrogen-bond acceptors (Lipinski definition) is 4. The molecule has 0 aliphatic carbocycles. The van der Waals surface area contributed by atoms with Gasteiger partial charge in [-0.1, -0.05) is 48.5 Å². The third kappa shape index (κ3) is 3.45. The predicted molar refractivity (Wildman–Crippen MR) is 111 cm³/mol. The number of pyridine rings is 1. The second-order valence-corrected chi connectivity index (χ2v) is 6.66. The van der Waals surface area contributed by atoms with E-state index in [4.69, 9.17) is 0 Å². The molecule has 28 heavy (non-hydrogen) atoms. The molecule has 3 aromatic rings. The summed E-state index contributed by atoms with van der Waals surface area (Å²) >= 11 is 0. The normalized spacial score (nSPS) is 12.1. The van der Waals surface area contributed by atoms with Crippen LogP contribution in [-0.4, -0.2) is 15.9 Å². The molecule has 0 amide bonds. The Hall–Kier alpha value is -3.65. The van der Waals surface area contributed by atoms with Crippen molar-refractivity contribution in [3.05, 3.63) is 92.8 Å². The molecule has 5 heteroatoms.